The molecule has 2 unspecified atom stereocenters. The van der Waals surface area contributed by atoms with Gasteiger partial charge in [0, 0.05) is 12.6 Å². The first-order valence-corrected chi connectivity index (χ1v) is 5.68. The van der Waals surface area contributed by atoms with E-state index in [9.17, 15) is 4.79 Å². The fourth-order valence-corrected chi connectivity index (χ4v) is 1.72. The molecule has 0 saturated heterocycles. The van der Waals surface area contributed by atoms with E-state index in [-0.39, 0.29) is 17.9 Å². The molecule has 0 radical (unpaired) electrons. The third-order valence-electron chi connectivity index (χ3n) is 2.86. The average molecular weight is 215 g/mol. The van der Waals surface area contributed by atoms with Crippen molar-refractivity contribution in [3.63, 3.8) is 0 Å². The van der Waals surface area contributed by atoms with Crippen LogP contribution in [0.3, 0.4) is 0 Å². The molecule has 0 aromatic heterocycles. The quantitative estimate of drug-likeness (QED) is 0.394. The third kappa shape index (κ3) is 4.62. The molecule has 0 bridgehead atoms. The van der Waals surface area contributed by atoms with Crippen molar-refractivity contribution in [1.82, 2.24) is 10.3 Å². The monoisotopic (exact) mass is 215 g/mol. The molecule has 4 heteroatoms. The lowest BCUT2D eigenvalue weighted by atomic mass is 10.0. The molecule has 2 atom stereocenters. The molecule has 0 spiro atoms. The van der Waals surface area contributed by atoms with Gasteiger partial charge >= 0.3 is 0 Å². The van der Waals surface area contributed by atoms with Crippen LogP contribution in [0.2, 0.25) is 0 Å². The Morgan fingerprint density at radius 1 is 1.33 bits per heavy atom. The Hall–Kier alpha value is -0.610. The minimum atomic E-state index is -0.0929. The van der Waals surface area contributed by atoms with Crippen molar-refractivity contribution < 1.29 is 4.79 Å². The molecule has 0 aliphatic heterocycles. The summed E-state index contributed by atoms with van der Waals surface area (Å²) < 4.78 is 0. The third-order valence-corrected chi connectivity index (χ3v) is 2.86. The number of hydrogen-bond donors (Lipinski definition) is 2. The molecule has 0 saturated carbocycles. The van der Waals surface area contributed by atoms with E-state index in [2.05, 4.69) is 38.0 Å². The summed E-state index contributed by atoms with van der Waals surface area (Å²) in [5, 5.41) is 0. The average Bonchev–Trinajstić information content (AvgIpc) is 2.22. The number of hydrazine groups is 1. The molecule has 1 amide bonds. The van der Waals surface area contributed by atoms with Crippen LogP contribution in [0.5, 0.6) is 0 Å². The molecule has 0 aliphatic rings. The van der Waals surface area contributed by atoms with Crippen LogP contribution in [0.15, 0.2) is 0 Å². The van der Waals surface area contributed by atoms with Gasteiger partial charge in [0.05, 0.1) is 5.92 Å². The molecular weight excluding hydrogens is 190 g/mol. The topological polar surface area (TPSA) is 58.4 Å². The first-order valence-electron chi connectivity index (χ1n) is 5.68. The van der Waals surface area contributed by atoms with E-state index in [1.807, 2.05) is 6.92 Å². The van der Waals surface area contributed by atoms with E-state index in [4.69, 9.17) is 5.84 Å². The van der Waals surface area contributed by atoms with Gasteiger partial charge in [0.1, 0.15) is 0 Å². The number of amides is 1. The van der Waals surface area contributed by atoms with Gasteiger partial charge in [-0.05, 0) is 19.4 Å². The Balaban J connectivity index is 4.36. The Morgan fingerprint density at radius 3 is 2.20 bits per heavy atom. The van der Waals surface area contributed by atoms with E-state index in [0.29, 0.717) is 5.92 Å². The standard InChI is InChI=1S/C11H25N3O/c1-6-14(7-8(2)3)10(5)9(4)11(15)13-12/h8-10H,6-7,12H2,1-5H3,(H,13,15). The zero-order valence-electron chi connectivity index (χ0n) is 10.6. The van der Waals surface area contributed by atoms with Crippen LogP contribution in [0.25, 0.3) is 0 Å². The highest BCUT2D eigenvalue weighted by Gasteiger charge is 2.24. The highest BCUT2D eigenvalue weighted by atomic mass is 16.2. The largest absolute Gasteiger partial charge is 0.300 e. The molecule has 90 valence electrons. The fraction of sp³-hybridized carbons (Fsp3) is 0.909. The molecule has 15 heavy (non-hydrogen) atoms. The highest BCUT2D eigenvalue weighted by Crippen LogP contribution is 2.12. The SMILES string of the molecule is CCN(CC(C)C)C(C)C(C)C(=O)NN. The maximum Gasteiger partial charge on any atom is 0.238 e. The van der Waals surface area contributed by atoms with Crippen molar-refractivity contribution in [1.29, 1.82) is 0 Å². The lowest BCUT2D eigenvalue weighted by Crippen LogP contribution is -2.47. The van der Waals surface area contributed by atoms with Crippen LogP contribution >= 0.6 is 0 Å². The van der Waals surface area contributed by atoms with Crippen LogP contribution < -0.4 is 11.3 Å². The number of hydrogen-bond acceptors (Lipinski definition) is 3. The molecule has 0 aliphatic carbocycles. The van der Waals surface area contributed by atoms with Gasteiger partial charge in [0.15, 0.2) is 0 Å². The summed E-state index contributed by atoms with van der Waals surface area (Å²) in [4.78, 5) is 13.7. The van der Waals surface area contributed by atoms with Gasteiger partial charge in [-0.2, -0.15) is 0 Å². The summed E-state index contributed by atoms with van der Waals surface area (Å²) in [5.41, 5.74) is 2.21. The number of rotatable bonds is 6. The van der Waals surface area contributed by atoms with E-state index >= 15 is 0 Å². The minimum absolute atomic E-state index is 0.0753. The summed E-state index contributed by atoms with van der Waals surface area (Å²) in [6.45, 7) is 12.4. The first kappa shape index (κ1) is 14.4. The van der Waals surface area contributed by atoms with Crippen molar-refractivity contribution in [2.24, 2.45) is 17.7 Å². The van der Waals surface area contributed by atoms with Crippen LogP contribution in [-0.4, -0.2) is 29.9 Å². The van der Waals surface area contributed by atoms with Crippen LogP contribution in [0, 0.1) is 11.8 Å². The Bertz CT molecular complexity index is 194. The van der Waals surface area contributed by atoms with Crippen molar-refractivity contribution in [2.75, 3.05) is 13.1 Å². The molecule has 4 nitrogen and oxygen atoms in total. The summed E-state index contributed by atoms with van der Waals surface area (Å²) in [6.07, 6.45) is 0. The molecule has 0 heterocycles. The number of nitrogens with two attached hydrogens (primary N) is 1. The van der Waals surface area contributed by atoms with Crippen molar-refractivity contribution in [2.45, 2.75) is 40.7 Å². The van der Waals surface area contributed by atoms with Crippen molar-refractivity contribution >= 4 is 5.91 Å². The summed E-state index contributed by atoms with van der Waals surface area (Å²) in [7, 11) is 0. The number of nitrogens with zero attached hydrogens (tertiary/aromatic N) is 1. The molecule has 0 fully saturated rings. The van der Waals surface area contributed by atoms with Crippen LogP contribution in [0.1, 0.15) is 34.6 Å². The number of nitrogens with one attached hydrogen (secondary N) is 1. The second kappa shape index (κ2) is 6.80. The summed E-state index contributed by atoms with van der Waals surface area (Å²) in [5.74, 6) is 5.58. The van der Waals surface area contributed by atoms with Gasteiger partial charge in [-0.15, -0.1) is 0 Å². The van der Waals surface area contributed by atoms with Gasteiger partial charge in [-0.25, -0.2) is 5.84 Å². The van der Waals surface area contributed by atoms with Gasteiger partial charge in [0.2, 0.25) is 5.91 Å². The van der Waals surface area contributed by atoms with Gasteiger partial charge < -0.3 is 0 Å². The lowest BCUT2D eigenvalue weighted by molar-refractivity contribution is -0.126. The Morgan fingerprint density at radius 2 is 1.87 bits per heavy atom. The Labute approximate surface area is 93.2 Å². The first-order chi connectivity index (χ1) is 6.93. The predicted octanol–water partition coefficient (Wildman–Crippen LogP) is 0.979. The van der Waals surface area contributed by atoms with E-state index in [1.54, 1.807) is 0 Å². The normalized spacial score (nSPS) is 15.5. The molecular formula is C11H25N3O. The maximum absolute atomic E-state index is 11.4. The van der Waals surface area contributed by atoms with Gasteiger partial charge in [-0.1, -0.05) is 27.7 Å². The predicted molar refractivity (Wildman–Crippen MR) is 63.0 cm³/mol. The second-order valence-corrected chi connectivity index (χ2v) is 4.52. The van der Waals surface area contributed by atoms with Gasteiger partial charge in [0.25, 0.3) is 0 Å². The van der Waals surface area contributed by atoms with Crippen LogP contribution in [-0.2, 0) is 4.79 Å². The maximum atomic E-state index is 11.4. The summed E-state index contributed by atoms with van der Waals surface area (Å²) in [6, 6.07) is 0.223. The minimum Gasteiger partial charge on any atom is -0.300 e. The summed E-state index contributed by atoms with van der Waals surface area (Å²) >= 11 is 0. The molecule has 0 aromatic rings. The Kier molecular flexibility index (Phi) is 6.52. The zero-order valence-corrected chi connectivity index (χ0v) is 10.6. The molecule has 3 N–H and O–H groups in total. The van der Waals surface area contributed by atoms with E-state index in [0.717, 1.165) is 13.1 Å². The highest BCUT2D eigenvalue weighted by molar-refractivity contribution is 5.78. The lowest BCUT2D eigenvalue weighted by Gasteiger charge is -2.32. The number of carbonyl (C=O) groups is 1. The van der Waals surface area contributed by atoms with Crippen LogP contribution in [0.4, 0.5) is 0 Å². The second-order valence-electron chi connectivity index (χ2n) is 4.52. The zero-order chi connectivity index (χ0) is 12.0. The fourth-order valence-electron chi connectivity index (χ4n) is 1.72. The molecule has 0 aromatic carbocycles. The van der Waals surface area contributed by atoms with E-state index in [1.165, 1.54) is 0 Å². The number of carbonyl (C=O) groups excluding carboxylic acids is 1. The van der Waals surface area contributed by atoms with Gasteiger partial charge in [-0.3, -0.25) is 15.1 Å². The van der Waals surface area contributed by atoms with Crippen molar-refractivity contribution in [3.05, 3.63) is 0 Å². The molecule has 0 rings (SSSR count). The van der Waals surface area contributed by atoms with Crippen molar-refractivity contribution in [3.8, 4) is 0 Å². The van der Waals surface area contributed by atoms with E-state index < -0.39 is 0 Å². The smallest absolute Gasteiger partial charge is 0.238 e.